The van der Waals surface area contributed by atoms with Crippen molar-refractivity contribution in [1.29, 1.82) is 0 Å². The number of morpholine rings is 1. The molecule has 2 saturated heterocycles. The average molecular weight is 440 g/mol. The van der Waals surface area contributed by atoms with Crippen molar-refractivity contribution in [3.05, 3.63) is 35.1 Å². The van der Waals surface area contributed by atoms with Crippen LogP contribution < -0.4 is 4.74 Å². The molecule has 1 amide bonds. The van der Waals surface area contributed by atoms with Gasteiger partial charge in [0.1, 0.15) is 5.75 Å². The van der Waals surface area contributed by atoms with E-state index in [2.05, 4.69) is 15.0 Å². The van der Waals surface area contributed by atoms with Crippen LogP contribution >= 0.6 is 0 Å². The quantitative estimate of drug-likeness (QED) is 0.653. The molecular formula is C22H29F3N3O3-. The summed E-state index contributed by atoms with van der Waals surface area (Å²) in [4.78, 5) is 16.8. The van der Waals surface area contributed by atoms with E-state index in [9.17, 15) is 18.0 Å². The molecule has 31 heavy (non-hydrogen) atoms. The van der Waals surface area contributed by atoms with E-state index in [4.69, 9.17) is 4.74 Å². The van der Waals surface area contributed by atoms with Crippen LogP contribution in [0.15, 0.2) is 24.3 Å². The Hall–Kier alpha value is -1.84. The highest BCUT2D eigenvalue weighted by atomic mass is 19.4. The Bertz CT molecular complexity index is 769. The van der Waals surface area contributed by atoms with Crippen LogP contribution in [-0.4, -0.2) is 73.5 Å². The Balaban J connectivity index is 1.16. The predicted octanol–water partition coefficient (Wildman–Crippen LogP) is 3.27. The van der Waals surface area contributed by atoms with Gasteiger partial charge in [-0.05, 0) is 37.8 Å². The number of carbonyl (C=O) groups excluding carboxylic acids is 1. The lowest BCUT2D eigenvalue weighted by Crippen LogP contribution is -2.51. The first-order chi connectivity index (χ1) is 14.7. The second-order valence-electron chi connectivity index (χ2n) is 9.00. The van der Waals surface area contributed by atoms with Gasteiger partial charge in [-0.25, -0.2) is 0 Å². The first-order valence-electron chi connectivity index (χ1n) is 10.8. The highest BCUT2D eigenvalue weighted by Gasteiger charge is 2.53. The van der Waals surface area contributed by atoms with Gasteiger partial charge < -0.3 is 19.7 Å². The standard InChI is InChI=1S/C22H29F3N3O3/c1-14-9-28(10-15(2)30-14)21(29)13-27-11-19-18(20(19)12-27)8-26-7-16-4-3-5-17(6-16)31-22(23,24)25/h3-6,14-15,18-20H,7-13H2,1-2H3/q-1. The molecule has 0 spiro atoms. The molecule has 4 unspecified atom stereocenters. The Morgan fingerprint density at radius 2 is 1.84 bits per heavy atom. The number of piperidine rings is 1. The van der Waals surface area contributed by atoms with Crippen molar-refractivity contribution in [2.75, 3.05) is 39.3 Å². The van der Waals surface area contributed by atoms with Gasteiger partial charge in [-0.2, -0.15) is 0 Å². The Morgan fingerprint density at radius 3 is 2.48 bits per heavy atom. The molecule has 0 aromatic heterocycles. The smallest absolute Gasteiger partial charge is 0.573 e. The van der Waals surface area contributed by atoms with Gasteiger partial charge in [-0.3, -0.25) is 9.69 Å². The molecule has 4 rings (SSSR count). The van der Waals surface area contributed by atoms with Crippen LogP contribution in [0.5, 0.6) is 5.75 Å². The fourth-order valence-corrected chi connectivity index (χ4v) is 4.99. The van der Waals surface area contributed by atoms with Crippen molar-refractivity contribution in [2.45, 2.75) is 39.0 Å². The van der Waals surface area contributed by atoms with E-state index < -0.39 is 6.36 Å². The Morgan fingerprint density at radius 1 is 1.16 bits per heavy atom. The van der Waals surface area contributed by atoms with Gasteiger partial charge in [0.2, 0.25) is 5.91 Å². The zero-order valence-corrected chi connectivity index (χ0v) is 17.8. The number of halogens is 3. The number of alkyl halides is 3. The number of amides is 1. The van der Waals surface area contributed by atoms with Crippen LogP contribution in [0.4, 0.5) is 13.2 Å². The Kier molecular flexibility index (Phi) is 6.46. The van der Waals surface area contributed by atoms with E-state index in [1.165, 1.54) is 12.1 Å². The molecule has 1 aliphatic carbocycles. The molecule has 4 atom stereocenters. The Labute approximate surface area is 180 Å². The largest absolute Gasteiger partial charge is 0.658 e. The number of benzene rings is 1. The normalized spacial score (nSPS) is 30.9. The number of fused-ring (bicyclic) bond motifs is 1. The topological polar surface area (TPSA) is 56.1 Å². The summed E-state index contributed by atoms with van der Waals surface area (Å²) in [6, 6.07) is 5.96. The molecule has 6 nitrogen and oxygen atoms in total. The van der Waals surface area contributed by atoms with Crippen LogP contribution in [-0.2, 0) is 16.1 Å². The van der Waals surface area contributed by atoms with E-state index >= 15 is 0 Å². The fraction of sp³-hybridized carbons (Fsp3) is 0.682. The monoisotopic (exact) mass is 440 g/mol. The molecule has 0 bridgehead atoms. The van der Waals surface area contributed by atoms with Gasteiger partial charge in [-0.1, -0.05) is 23.6 Å². The minimum absolute atomic E-state index is 0.0754. The molecule has 1 aromatic carbocycles. The highest BCUT2D eigenvalue weighted by molar-refractivity contribution is 5.78. The summed E-state index contributed by atoms with van der Waals surface area (Å²) < 4.78 is 46.7. The van der Waals surface area contributed by atoms with E-state index in [1.807, 2.05) is 18.7 Å². The first kappa shape index (κ1) is 22.4. The van der Waals surface area contributed by atoms with Crippen molar-refractivity contribution >= 4 is 5.91 Å². The van der Waals surface area contributed by atoms with Crippen molar-refractivity contribution in [2.24, 2.45) is 17.8 Å². The lowest BCUT2D eigenvalue weighted by Gasteiger charge is -2.36. The van der Waals surface area contributed by atoms with E-state index in [0.29, 0.717) is 56.0 Å². The van der Waals surface area contributed by atoms with Gasteiger partial charge in [0.25, 0.3) is 0 Å². The number of nitrogens with zero attached hydrogens (tertiary/aromatic N) is 3. The molecular weight excluding hydrogens is 411 g/mol. The highest BCUT2D eigenvalue weighted by Crippen LogP contribution is 2.52. The van der Waals surface area contributed by atoms with Gasteiger partial charge in [0.15, 0.2) is 0 Å². The fourth-order valence-electron chi connectivity index (χ4n) is 4.99. The molecule has 0 N–H and O–H groups in total. The number of likely N-dealkylation sites (tertiary alicyclic amines) is 1. The maximum absolute atomic E-state index is 12.6. The zero-order valence-electron chi connectivity index (χ0n) is 17.8. The summed E-state index contributed by atoms with van der Waals surface area (Å²) in [7, 11) is 0. The van der Waals surface area contributed by atoms with Gasteiger partial charge >= 0.3 is 6.36 Å². The lowest BCUT2D eigenvalue weighted by atomic mass is 10.2. The molecule has 0 radical (unpaired) electrons. The van der Waals surface area contributed by atoms with Crippen LogP contribution in [0.25, 0.3) is 5.32 Å². The van der Waals surface area contributed by atoms with Crippen molar-refractivity contribution < 1.29 is 27.4 Å². The van der Waals surface area contributed by atoms with Gasteiger partial charge in [0.05, 0.1) is 18.8 Å². The zero-order chi connectivity index (χ0) is 22.2. The van der Waals surface area contributed by atoms with Crippen molar-refractivity contribution in [1.82, 2.24) is 9.80 Å². The number of rotatable bonds is 7. The maximum atomic E-state index is 12.6. The summed E-state index contributed by atoms with van der Waals surface area (Å²) in [6.07, 6.45) is -4.54. The minimum atomic E-state index is -4.69. The summed E-state index contributed by atoms with van der Waals surface area (Å²) >= 11 is 0. The van der Waals surface area contributed by atoms with Gasteiger partial charge in [-0.15, -0.1) is 26.3 Å². The summed E-state index contributed by atoms with van der Waals surface area (Å²) in [5, 5.41) is 4.56. The van der Waals surface area contributed by atoms with Gasteiger partial charge in [0, 0.05) is 26.2 Å². The third-order valence-electron chi connectivity index (χ3n) is 6.34. The summed E-state index contributed by atoms with van der Waals surface area (Å²) in [5.74, 6) is 1.61. The second kappa shape index (κ2) is 8.96. The SMILES string of the molecule is CC1CN(C(=O)CN2CC3C(C[N-]Cc4cccc(OC(F)(F)F)c4)C3C2)CC(C)O1. The van der Waals surface area contributed by atoms with Crippen molar-refractivity contribution in [3.63, 3.8) is 0 Å². The number of hydrogen-bond donors (Lipinski definition) is 0. The molecule has 3 aliphatic rings. The maximum Gasteiger partial charge on any atom is 0.573 e. The summed E-state index contributed by atoms with van der Waals surface area (Å²) in [6.45, 7) is 8.68. The number of hydrogen-bond acceptors (Lipinski definition) is 4. The van der Waals surface area contributed by atoms with Crippen LogP contribution in [0.1, 0.15) is 19.4 Å². The molecule has 2 aliphatic heterocycles. The molecule has 3 fully saturated rings. The average Bonchev–Trinajstić information content (AvgIpc) is 3.11. The molecule has 1 aromatic rings. The number of ether oxygens (including phenoxy) is 2. The van der Waals surface area contributed by atoms with E-state index in [1.54, 1.807) is 12.1 Å². The first-order valence-corrected chi connectivity index (χ1v) is 10.8. The molecule has 172 valence electrons. The molecule has 9 heteroatoms. The van der Waals surface area contributed by atoms with Crippen LogP contribution in [0, 0.1) is 17.8 Å². The lowest BCUT2D eigenvalue weighted by molar-refractivity contribution is -0.274. The molecule has 2 heterocycles. The molecule has 1 saturated carbocycles. The predicted molar refractivity (Wildman–Crippen MR) is 109 cm³/mol. The van der Waals surface area contributed by atoms with Crippen LogP contribution in [0.3, 0.4) is 0 Å². The summed E-state index contributed by atoms with van der Waals surface area (Å²) in [5.41, 5.74) is 0.703. The van der Waals surface area contributed by atoms with Crippen LogP contribution in [0.2, 0.25) is 0 Å². The van der Waals surface area contributed by atoms with E-state index in [-0.39, 0.29) is 23.9 Å². The van der Waals surface area contributed by atoms with Crippen molar-refractivity contribution in [3.8, 4) is 5.75 Å². The number of carbonyl (C=O) groups is 1. The second-order valence-corrected chi connectivity index (χ2v) is 9.00. The third-order valence-corrected chi connectivity index (χ3v) is 6.34. The third kappa shape index (κ3) is 5.90. The van der Waals surface area contributed by atoms with E-state index in [0.717, 1.165) is 13.1 Å². The minimum Gasteiger partial charge on any atom is -0.658 e.